The molecule has 4 N–H and O–H groups in total. The molecule has 0 aliphatic carbocycles. The van der Waals surface area contributed by atoms with Gasteiger partial charge in [0.25, 0.3) is 5.95 Å². The maximum Gasteiger partial charge on any atom is 0.335 e. The molecule has 0 bridgehead atoms. The van der Waals surface area contributed by atoms with Crippen LogP contribution in [-0.4, -0.2) is 21.2 Å². The summed E-state index contributed by atoms with van der Waals surface area (Å²) in [4.78, 5) is 14.7. The average molecular weight is 182 g/mol. The van der Waals surface area contributed by atoms with Crippen molar-refractivity contribution in [3.63, 3.8) is 0 Å². The predicted molar refractivity (Wildman–Crippen MR) is 45.6 cm³/mol. The fraction of sp³-hybridized carbons (Fsp3) is 0.333. The van der Waals surface area contributed by atoms with Gasteiger partial charge in [-0.2, -0.15) is 5.10 Å². The van der Waals surface area contributed by atoms with Crippen LogP contribution >= 0.6 is 0 Å². The molecular formula is C6H10N6O. The molecular weight excluding hydrogens is 172 g/mol. The third-order valence-electron chi connectivity index (χ3n) is 1.45. The molecule has 1 aromatic rings. The average Bonchev–Trinajstić information content (AvgIpc) is 2.11. The molecule has 0 fully saturated rings. The lowest BCUT2D eigenvalue weighted by atomic mass is 10.4. The maximum atomic E-state index is 10.7. The second kappa shape index (κ2) is 3.76. The Morgan fingerprint density at radius 1 is 1.31 bits per heavy atom. The number of nitrogens with one attached hydrogen (secondary N) is 2. The number of anilines is 1. The fourth-order valence-electron chi connectivity index (χ4n) is 0.647. The van der Waals surface area contributed by atoms with Crippen molar-refractivity contribution in [3.05, 3.63) is 11.4 Å². The Balaban J connectivity index is 2.79. The van der Waals surface area contributed by atoms with Gasteiger partial charge in [-0.25, -0.2) is 15.6 Å². The molecule has 0 unspecified atom stereocenters. The highest BCUT2D eigenvalue weighted by atomic mass is 16.2. The summed E-state index contributed by atoms with van der Waals surface area (Å²) in [6, 6.07) is -0.579. The number of carbonyl (C=O) groups excluding carboxylic acids is 1. The van der Waals surface area contributed by atoms with E-state index in [2.05, 4.69) is 20.5 Å². The summed E-state index contributed by atoms with van der Waals surface area (Å²) in [6.45, 7) is 3.55. The quantitative estimate of drug-likeness (QED) is 0.308. The molecule has 7 nitrogen and oxygen atoms in total. The fourth-order valence-corrected chi connectivity index (χ4v) is 0.647. The zero-order valence-corrected chi connectivity index (χ0v) is 7.33. The minimum absolute atomic E-state index is 0.131. The van der Waals surface area contributed by atoms with Crippen molar-refractivity contribution < 1.29 is 4.79 Å². The van der Waals surface area contributed by atoms with Crippen molar-refractivity contribution in [1.29, 1.82) is 0 Å². The van der Waals surface area contributed by atoms with Crippen LogP contribution in [0.4, 0.5) is 10.7 Å². The van der Waals surface area contributed by atoms with Crippen LogP contribution in [-0.2, 0) is 0 Å². The van der Waals surface area contributed by atoms with E-state index in [1.807, 2.05) is 5.43 Å². The summed E-state index contributed by atoms with van der Waals surface area (Å²) < 4.78 is 0. The normalized spacial score (nSPS) is 9.46. The molecule has 0 aliphatic rings. The van der Waals surface area contributed by atoms with Gasteiger partial charge in [-0.05, 0) is 13.8 Å². The van der Waals surface area contributed by atoms with Gasteiger partial charge in [0.1, 0.15) is 0 Å². The van der Waals surface area contributed by atoms with Crippen molar-refractivity contribution in [2.75, 3.05) is 5.32 Å². The van der Waals surface area contributed by atoms with Gasteiger partial charge < -0.3 is 0 Å². The summed E-state index contributed by atoms with van der Waals surface area (Å²) in [5, 5.41) is 9.71. The summed E-state index contributed by atoms with van der Waals surface area (Å²) in [5.74, 6) is 4.98. The van der Waals surface area contributed by atoms with Crippen molar-refractivity contribution >= 4 is 12.0 Å². The number of aromatic nitrogens is 3. The van der Waals surface area contributed by atoms with E-state index in [-0.39, 0.29) is 5.95 Å². The molecule has 0 spiro atoms. The summed E-state index contributed by atoms with van der Waals surface area (Å²) in [6.07, 6.45) is 0. The van der Waals surface area contributed by atoms with Gasteiger partial charge in [-0.15, -0.1) is 5.10 Å². The van der Waals surface area contributed by atoms with Crippen LogP contribution in [0.15, 0.2) is 0 Å². The molecule has 0 radical (unpaired) electrons. The van der Waals surface area contributed by atoms with E-state index in [0.717, 1.165) is 5.69 Å². The molecule has 7 heteroatoms. The van der Waals surface area contributed by atoms with Gasteiger partial charge in [-0.3, -0.25) is 10.7 Å². The van der Waals surface area contributed by atoms with E-state index >= 15 is 0 Å². The molecule has 0 atom stereocenters. The monoisotopic (exact) mass is 182 g/mol. The molecule has 1 aromatic heterocycles. The molecule has 13 heavy (non-hydrogen) atoms. The van der Waals surface area contributed by atoms with Crippen LogP contribution < -0.4 is 16.6 Å². The van der Waals surface area contributed by atoms with Crippen molar-refractivity contribution in [2.24, 2.45) is 5.84 Å². The Hall–Kier alpha value is -1.76. The Morgan fingerprint density at radius 3 is 2.54 bits per heavy atom. The van der Waals surface area contributed by atoms with Gasteiger partial charge in [0, 0.05) is 0 Å². The lowest BCUT2D eigenvalue weighted by Crippen LogP contribution is -2.35. The van der Waals surface area contributed by atoms with Crippen LogP contribution in [0, 0.1) is 13.8 Å². The van der Waals surface area contributed by atoms with E-state index < -0.39 is 6.03 Å². The highest BCUT2D eigenvalue weighted by molar-refractivity contribution is 5.86. The second-order valence-electron chi connectivity index (χ2n) is 2.40. The minimum Gasteiger partial charge on any atom is -0.276 e. The predicted octanol–water partition coefficient (Wildman–Crippen LogP) is -0.516. The number of hydrogen-bond acceptors (Lipinski definition) is 5. The lowest BCUT2D eigenvalue weighted by Gasteiger charge is -2.02. The Kier molecular flexibility index (Phi) is 2.70. The van der Waals surface area contributed by atoms with Gasteiger partial charge in [0.15, 0.2) is 0 Å². The first kappa shape index (κ1) is 9.33. The van der Waals surface area contributed by atoms with Gasteiger partial charge in [0.2, 0.25) is 0 Å². The Morgan fingerprint density at radius 2 is 2.00 bits per heavy atom. The number of carbonyl (C=O) groups is 1. The van der Waals surface area contributed by atoms with Gasteiger partial charge in [-0.1, -0.05) is 0 Å². The summed E-state index contributed by atoms with van der Waals surface area (Å²) in [7, 11) is 0. The van der Waals surface area contributed by atoms with E-state index in [1.54, 1.807) is 13.8 Å². The van der Waals surface area contributed by atoms with Gasteiger partial charge >= 0.3 is 6.03 Å². The molecule has 70 valence electrons. The smallest absolute Gasteiger partial charge is 0.276 e. The zero-order valence-electron chi connectivity index (χ0n) is 7.33. The zero-order chi connectivity index (χ0) is 9.84. The molecule has 2 amide bonds. The Bertz CT molecular complexity index is 325. The lowest BCUT2D eigenvalue weighted by molar-refractivity contribution is 0.252. The highest BCUT2D eigenvalue weighted by Crippen LogP contribution is 2.00. The van der Waals surface area contributed by atoms with Crippen LogP contribution in [0.5, 0.6) is 0 Å². The van der Waals surface area contributed by atoms with Crippen molar-refractivity contribution in [3.8, 4) is 0 Å². The van der Waals surface area contributed by atoms with E-state index in [4.69, 9.17) is 5.84 Å². The molecule has 0 aromatic carbocycles. The highest BCUT2D eigenvalue weighted by Gasteiger charge is 2.03. The van der Waals surface area contributed by atoms with Crippen molar-refractivity contribution in [2.45, 2.75) is 13.8 Å². The van der Waals surface area contributed by atoms with Gasteiger partial charge in [0.05, 0.1) is 11.4 Å². The number of urea groups is 1. The van der Waals surface area contributed by atoms with Crippen LogP contribution in [0.1, 0.15) is 11.4 Å². The molecule has 0 saturated heterocycles. The second-order valence-corrected chi connectivity index (χ2v) is 2.40. The number of rotatable bonds is 1. The first-order valence-electron chi connectivity index (χ1n) is 3.59. The van der Waals surface area contributed by atoms with E-state index in [9.17, 15) is 4.79 Å². The maximum absolute atomic E-state index is 10.7. The first-order chi connectivity index (χ1) is 6.13. The molecule has 1 heterocycles. The molecule has 1 rings (SSSR count). The SMILES string of the molecule is Cc1nnc(NC(=O)NN)nc1C. The summed E-state index contributed by atoms with van der Waals surface area (Å²) >= 11 is 0. The minimum atomic E-state index is -0.579. The third-order valence-corrected chi connectivity index (χ3v) is 1.45. The molecule has 0 saturated carbocycles. The van der Waals surface area contributed by atoms with Crippen LogP contribution in [0.2, 0.25) is 0 Å². The number of aryl methyl sites for hydroxylation is 2. The van der Waals surface area contributed by atoms with Crippen molar-refractivity contribution in [1.82, 2.24) is 20.6 Å². The van der Waals surface area contributed by atoms with E-state index in [1.165, 1.54) is 0 Å². The largest absolute Gasteiger partial charge is 0.335 e. The summed E-state index contributed by atoms with van der Waals surface area (Å²) in [5.41, 5.74) is 3.32. The topological polar surface area (TPSA) is 106 Å². The van der Waals surface area contributed by atoms with E-state index in [0.29, 0.717) is 5.69 Å². The Labute approximate surface area is 74.7 Å². The standard InChI is InChI=1S/C6H10N6O/c1-3-4(2)11-12-5(8-3)9-6(13)10-7/h7H2,1-2H3,(H2,8,9,10,12,13). The molecule has 0 aliphatic heterocycles. The number of nitrogens with two attached hydrogens (primary N) is 1. The van der Waals surface area contributed by atoms with Crippen LogP contribution in [0.25, 0.3) is 0 Å². The third kappa shape index (κ3) is 2.34. The number of amides is 2. The number of hydrazine groups is 1. The first-order valence-corrected chi connectivity index (χ1v) is 3.59. The number of nitrogens with zero attached hydrogens (tertiary/aromatic N) is 3. The number of hydrogen-bond donors (Lipinski definition) is 3. The van der Waals surface area contributed by atoms with Crippen LogP contribution in [0.3, 0.4) is 0 Å².